The van der Waals surface area contributed by atoms with Gasteiger partial charge in [0.15, 0.2) is 0 Å². The minimum atomic E-state index is 0.192. The van der Waals surface area contributed by atoms with Crippen LogP contribution in [0, 0.1) is 11.3 Å². The van der Waals surface area contributed by atoms with Crippen molar-refractivity contribution in [2.45, 2.75) is 39.0 Å². The fourth-order valence-corrected chi connectivity index (χ4v) is 4.72. The van der Waals surface area contributed by atoms with Gasteiger partial charge in [0, 0.05) is 45.0 Å². The van der Waals surface area contributed by atoms with Gasteiger partial charge in [-0.25, -0.2) is 4.98 Å². The molecule has 0 N–H and O–H groups in total. The first kappa shape index (κ1) is 20.1. The Hall–Kier alpha value is -2.17. The molecule has 2 fully saturated rings. The van der Waals surface area contributed by atoms with E-state index >= 15 is 0 Å². The molecule has 3 heterocycles. The van der Waals surface area contributed by atoms with Gasteiger partial charge in [0.05, 0.1) is 25.3 Å². The Morgan fingerprint density at radius 2 is 1.79 bits per heavy atom. The van der Waals surface area contributed by atoms with Gasteiger partial charge < -0.3 is 14.5 Å². The number of hydrogen-bond acceptors (Lipinski definition) is 6. The van der Waals surface area contributed by atoms with E-state index in [1.54, 1.807) is 0 Å². The topological polar surface area (TPSA) is 72.7 Å². The molecule has 2 aliphatic heterocycles. The van der Waals surface area contributed by atoms with Gasteiger partial charge >= 0.3 is 0 Å². The van der Waals surface area contributed by atoms with Crippen molar-refractivity contribution in [3.8, 4) is 6.07 Å². The van der Waals surface area contributed by atoms with Crippen LogP contribution >= 0.6 is 0 Å². The lowest BCUT2D eigenvalue weighted by Gasteiger charge is -2.37. The van der Waals surface area contributed by atoms with Crippen LogP contribution in [0.5, 0.6) is 0 Å². The van der Waals surface area contributed by atoms with Gasteiger partial charge in [-0.15, -0.1) is 0 Å². The molecule has 0 unspecified atom stereocenters. The first-order valence-corrected chi connectivity index (χ1v) is 10.9. The van der Waals surface area contributed by atoms with Crippen LogP contribution in [0.15, 0.2) is 0 Å². The molecule has 156 valence electrons. The summed E-state index contributed by atoms with van der Waals surface area (Å²) < 4.78 is 5.36. The average molecular weight is 398 g/mol. The van der Waals surface area contributed by atoms with Crippen LogP contribution in [-0.2, 0) is 22.4 Å². The van der Waals surface area contributed by atoms with Crippen LogP contribution in [0.1, 0.15) is 48.6 Å². The van der Waals surface area contributed by atoms with Gasteiger partial charge in [-0.2, -0.15) is 5.26 Å². The summed E-state index contributed by atoms with van der Waals surface area (Å²) in [6, 6.07) is 2.44. The second-order valence-electron chi connectivity index (χ2n) is 8.53. The van der Waals surface area contributed by atoms with Crippen molar-refractivity contribution < 1.29 is 9.53 Å². The Morgan fingerprint density at radius 3 is 2.45 bits per heavy atom. The Morgan fingerprint density at radius 1 is 1.10 bits per heavy atom. The second kappa shape index (κ2) is 8.68. The van der Waals surface area contributed by atoms with Crippen molar-refractivity contribution in [3.63, 3.8) is 0 Å². The van der Waals surface area contributed by atoms with Crippen LogP contribution in [-0.4, -0.2) is 79.7 Å². The molecule has 2 saturated heterocycles. The number of carbonyl (C=O) groups excluding carboxylic acids is 1. The number of anilines is 1. The van der Waals surface area contributed by atoms with E-state index in [2.05, 4.69) is 29.7 Å². The average Bonchev–Trinajstić information content (AvgIpc) is 3.23. The van der Waals surface area contributed by atoms with Crippen LogP contribution in [0.2, 0.25) is 0 Å². The van der Waals surface area contributed by atoms with E-state index in [0.29, 0.717) is 38.8 Å². The normalized spacial score (nSPS) is 20.1. The third-order valence-electron chi connectivity index (χ3n) is 6.33. The minimum Gasteiger partial charge on any atom is -0.379 e. The predicted octanol–water partition coefficient (Wildman–Crippen LogP) is 1.55. The highest BCUT2D eigenvalue weighted by atomic mass is 16.5. The van der Waals surface area contributed by atoms with Crippen molar-refractivity contribution in [3.05, 3.63) is 22.4 Å². The molecule has 1 aromatic rings. The maximum atomic E-state index is 12.7. The van der Waals surface area contributed by atoms with Crippen molar-refractivity contribution in [2.24, 2.45) is 0 Å². The second-order valence-corrected chi connectivity index (χ2v) is 8.53. The summed E-state index contributed by atoms with van der Waals surface area (Å²) in [6.07, 6.45) is 3.12. The van der Waals surface area contributed by atoms with E-state index in [4.69, 9.17) is 9.72 Å². The van der Waals surface area contributed by atoms with Gasteiger partial charge in [-0.3, -0.25) is 9.69 Å². The number of fused-ring (bicyclic) bond motifs is 1. The van der Waals surface area contributed by atoms with E-state index < -0.39 is 0 Å². The smallest absolute Gasteiger partial charge is 0.236 e. The highest BCUT2D eigenvalue weighted by molar-refractivity contribution is 5.78. The molecule has 0 saturated carbocycles. The molecular weight excluding hydrogens is 366 g/mol. The van der Waals surface area contributed by atoms with E-state index in [-0.39, 0.29) is 5.91 Å². The number of pyridine rings is 1. The largest absolute Gasteiger partial charge is 0.379 e. The number of nitrogens with zero attached hydrogens (tertiary/aromatic N) is 5. The molecule has 0 spiro atoms. The molecule has 4 rings (SSSR count). The van der Waals surface area contributed by atoms with Crippen LogP contribution in [0.25, 0.3) is 0 Å². The molecule has 0 radical (unpaired) electrons. The molecule has 0 aromatic carbocycles. The number of hydrogen-bond donors (Lipinski definition) is 0. The lowest BCUT2D eigenvalue weighted by Crippen LogP contribution is -2.52. The minimum absolute atomic E-state index is 0.192. The molecule has 7 nitrogen and oxygen atoms in total. The molecule has 29 heavy (non-hydrogen) atoms. The first-order chi connectivity index (χ1) is 14.1. The number of carbonyl (C=O) groups is 1. The van der Waals surface area contributed by atoms with Gasteiger partial charge in [0.25, 0.3) is 0 Å². The maximum Gasteiger partial charge on any atom is 0.236 e. The molecule has 3 aliphatic rings. The molecule has 1 aliphatic carbocycles. The molecular formula is C22H31N5O2. The summed E-state index contributed by atoms with van der Waals surface area (Å²) in [4.78, 5) is 24.0. The Balaban J connectivity index is 1.46. The third-order valence-corrected chi connectivity index (χ3v) is 6.33. The zero-order chi connectivity index (χ0) is 20.4. The van der Waals surface area contributed by atoms with Crippen molar-refractivity contribution >= 4 is 11.7 Å². The van der Waals surface area contributed by atoms with Crippen molar-refractivity contribution in [2.75, 3.05) is 63.9 Å². The number of nitriles is 1. The molecule has 0 bridgehead atoms. The van der Waals surface area contributed by atoms with Gasteiger partial charge in [-0.1, -0.05) is 13.8 Å². The summed E-state index contributed by atoms with van der Waals surface area (Å²) in [5.41, 5.74) is 4.43. The molecule has 1 aromatic heterocycles. The molecule has 7 heteroatoms. The maximum absolute atomic E-state index is 12.7. The summed E-state index contributed by atoms with van der Waals surface area (Å²) in [5, 5.41) is 9.87. The monoisotopic (exact) mass is 397 g/mol. The summed E-state index contributed by atoms with van der Waals surface area (Å²) in [5.74, 6) is 1.37. The van der Waals surface area contributed by atoms with E-state index in [1.807, 2.05) is 4.90 Å². The van der Waals surface area contributed by atoms with Crippen LogP contribution in [0.3, 0.4) is 0 Å². The Kier molecular flexibility index (Phi) is 6.02. The molecule has 0 atom stereocenters. The number of morpholine rings is 1. The fraction of sp³-hybridized carbons (Fsp3) is 0.682. The lowest BCUT2D eigenvalue weighted by molar-refractivity contribution is -0.133. The Labute approximate surface area is 173 Å². The number of amides is 1. The number of rotatable bonds is 4. The van der Waals surface area contributed by atoms with E-state index in [0.717, 1.165) is 62.5 Å². The predicted molar refractivity (Wildman–Crippen MR) is 111 cm³/mol. The highest BCUT2D eigenvalue weighted by Crippen LogP contribution is 2.35. The van der Waals surface area contributed by atoms with Crippen LogP contribution < -0.4 is 4.90 Å². The lowest BCUT2D eigenvalue weighted by atomic mass is 9.97. The first-order valence-electron chi connectivity index (χ1n) is 10.9. The standard InChI is InChI=1S/C22H31N5O2/c1-16(2)21-18-5-3-4-17(18)19(14-23)22(24-21)27-8-6-26(7-9-27)20(28)15-25-10-12-29-13-11-25/h16H,3-13,15H2,1-2H3. The van der Waals surface area contributed by atoms with E-state index in [9.17, 15) is 10.1 Å². The van der Waals surface area contributed by atoms with Gasteiger partial charge in [0.1, 0.15) is 11.9 Å². The quantitative estimate of drug-likeness (QED) is 0.768. The Bertz CT molecular complexity index is 802. The fourth-order valence-electron chi connectivity index (χ4n) is 4.72. The number of aromatic nitrogens is 1. The SMILES string of the molecule is CC(C)c1nc(N2CCN(C(=O)CN3CCOCC3)CC2)c(C#N)c2c1CCC2. The van der Waals surface area contributed by atoms with Crippen LogP contribution in [0.4, 0.5) is 5.82 Å². The highest BCUT2D eigenvalue weighted by Gasteiger charge is 2.29. The number of piperazine rings is 1. The summed E-state index contributed by atoms with van der Waals surface area (Å²) >= 11 is 0. The van der Waals surface area contributed by atoms with Gasteiger partial charge in [0.2, 0.25) is 5.91 Å². The summed E-state index contributed by atoms with van der Waals surface area (Å²) in [6.45, 7) is 10.7. The third kappa shape index (κ3) is 4.10. The zero-order valence-electron chi connectivity index (χ0n) is 17.6. The molecule has 1 amide bonds. The summed E-state index contributed by atoms with van der Waals surface area (Å²) in [7, 11) is 0. The van der Waals surface area contributed by atoms with E-state index in [1.165, 1.54) is 11.1 Å². The van der Waals surface area contributed by atoms with Gasteiger partial charge in [-0.05, 0) is 36.3 Å². The zero-order valence-corrected chi connectivity index (χ0v) is 17.6. The van der Waals surface area contributed by atoms with Crippen molar-refractivity contribution in [1.29, 1.82) is 5.26 Å². The number of ether oxygens (including phenoxy) is 1. The van der Waals surface area contributed by atoms with Crippen molar-refractivity contribution in [1.82, 2.24) is 14.8 Å².